The van der Waals surface area contributed by atoms with Crippen molar-refractivity contribution in [1.82, 2.24) is 9.55 Å². The van der Waals surface area contributed by atoms with Gasteiger partial charge >= 0.3 is 0 Å². The van der Waals surface area contributed by atoms with E-state index < -0.39 is 0 Å². The number of nitrogens with two attached hydrogens (primary N) is 1. The molecule has 3 heteroatoms. The van der Waals surface area contributed by atoms with E-state index in [4.69, 9.17) is 5.73 Å². The molecule has 2 N–H and O–H groups in total. The van der Waals surface area contributed by atoms with Gasteiger partial charge in [0.05, 0.1) is 5.69 Å². The Kier molecular flexibility index (Phi) is 3.95. The van der Waals surface area contributed by atoms with E-state index >= 15 is 0 Å². The zero-order valence-electron chi connectivity index (χ0n) is 9.95. The van der Waals surface area contributed by atoms with Crippen LogP contribution in [0.5, 0.6) is 0 Å². The summed E-state index contributed by atoms with van der Waals surface area (Å²) in [4.78, 5) is 4.61. The highest BCUT2D eigenvalue weighted by Gasteiger charge is 2.15. The molecule has 0 saturated carbocycles. The largest absolute Gasteiger partial charge is 0.384 e. The maximum atomic E-state index is 6.07. The van der Waals surface area contributed by atoms with Crippen molar-refractivity contribution in [2.24, 2.45) is 0 Å². The number of aryl methyl sites for hydroxylation is 1. The van der Waals surface area contributed by atoms with Crippen LogP contribution in [-0.4, -0.2) is 9.55 Å². The summed E-state index contributed by atoms with van der Waals surface area (Å²) in [5, 5.41) is 0. The third-order valence-corrected chi connectivity index (χ3v) is 2.45. The molecule has 1 aromatic heterocycles. The third-order valence-electron chi connectivity index (χ3n) is 2.45. The van der Waals surface area contributed by atoms with Gasteiger partial charge in [0.15, 0.2) is 0 Å². The summed E-state index contributed by atoms with van der Waals surface area (Å²) in [6.07, 6.45) is 3.93. The Labute approximate surface area is 92.0 Å². The molecule has 1 rings (SSSR count). The molecule has 0 fully saturated rings. The van der Waals surface area contributed by atoms with Crippen LogP contribution in [0.15, 0.2) is 12.7 Å². The predicted octanol–water partition coefficient (Wildman–Crippen LogP) is 2.73. The molecule has 0 aliphatic carbocycles. The summed E-state index contributed by atoms with van der Waals surface area (Å²) >= 11 is 0. The lowest BCUT2D eigenvalue weighted by Gasteiger charge is -2.06. The topological polar surface area (TPSA) is 43.8 Å². The van der Waals surface area contributed by atoms with Crippen LogP contribution in [0, 0.1) is 0 Å². The molecule has 3 nitrogen and oxygen atoms in total. The van der Waals surface area contributed by atoms with Gasteiger partial charge in [-0.2, -0.15) is 0 Å². The Morgan fingerprint density at radius 1 is 1.53 bits per heavy atom. The van der Waals surface area contributed by atoms with Gasteiger partial charge in [0.1, 0.15) is 11.6 Å². The third kappa shape index (κ3) is 2.41. The van der Waals surface area contributed by atoms with Crippen molar-refractivity contribution in [3.05, 3.63) is 24.2 Å². The summed E-state index contributed by atoms with van der Waals surface area (Å²) in [7, 11) is 0. The van der Waals surface area contributed by atoms with E-state index in [-0.39, 0.29) is 0 Å². The smallest absolute Gasteiger partial charge is 0.127 e. The SMILES string of the molecule is C=CCn1c(CCC)nc(C(C)C)c1N. The first-order valence-corrected chi connectivity index (χ1v) is 5.57. The van der Waals surface area contributed by atoms with Crippen LogP contribution in [0.1, 0.15) is 44.6 Å². The lowest BCUT2D eigenvalue weighted by Crippen LogP contribution is -2.06. The van der Waals surface area contributed by atoms with Crippen molar-refractivity contribution in [3.63, 3.8) is 0 Å². The Morgan fingerprint density at radius 3 is 2.67 bits per heavy atom. The fourth-order valence-electron chi connectivity index (χ4n) is 1.71. The van der Waals surface area contributed by atoms with Crippen LogP contribution < -0.4 is 5.73 Å². The van der Waals surface area contributed by atoms with E-state index in [1.807, 2.05) is 6.08 Å². The van der Waals surface area contributed by atoms with E-state index in [2.05, 4.69) is 36.9 Å². The molecule has 0 radical (unpaired) electrons. The Balaban J connectivity index is 3.13. The lowest BCUT2D eigenvalue weighted by atomic mass is 10.1. The van der Waals surface area contributed by atoms with E-state index in [9.17, 15) is 0 Å². The Hall–Kier alpha value is -1.25. The predicted molar refractivity (Wildman–Crippen MR) is 64.9 cm³/mol. The number of aromatic nitrogens is 2. The zero-order valence-corrected chi connectivity index (χ0v) is 9.95. The summed E-state index contributed by atoms with van der Waals surface area (Å²) in [6.45, 7) is 10.9. The van der Waals surface area contributed by atoms with Gasteiger partial charge in [-0.15, -0.1) is 6.58 Å². The van der Waals surface area contributed by atoms with Gasteiger partial charge in [0.2, 0.25) is 0 Å². The molecule has 1 heterocycles. The number of allylic oxidation sites excluding steroid dienone is 1. The molecule has 0 aliphatic heterocycles. The molecule has 0 spiro atoms. The van der Waals surface area contributed by atoms with Crippen LogP contribution in [0.25, 0.3) is 0 Å². The maximum Gasteiger partial charge on any atom is 0.127 e. The van der Waals surface area contributed by atoms with Gasteiger partial charge in [-0.05, 0) is 12.3 Å². The van der Waals surface area contributed by atoms with Crippen molar-refractivity contribution < 1.29 is 0 Å². The number of nitrogen functional groups attached to an aromatic ring is 1. The highest BCUT2D eigenvalue weighted by atomic mass is 15.1. The minimum atomic E-state index is 0.381. The molecule has 84 valence electrons. The number of rotatable bonds is 5. The summed E-state index contributed by atoms with van der Waals surface area (Å²) < 4.78 is 2.06. The van der Waals surface area contributed by atoms with Crippen molar-refractivity contribution in [3.8, 4) is 0 Å². The molecule has 15 heavy (non-hydrogen) atoms. The maximum absolute atomic E-state index is 6.07. The van der Waals surface area contributed by atoms with E-state index in [0.717, 1.165) is 36.7 Å². The summed E-state index contributed by atoms with van der Waals surface area (Å²) in [6, 6.07) is 0. The first-order valence-electron chi connectivity index (χ1n) is 5.57. The molecule has 0 amide bonds. The molecular formula is C12H21N3. The van der Waals surface area contributed by atoms with E-state index in [1.165, 1.54) is 0 Å². The van der Waals surface area contributed by atoms with E-state index in [0.29, 0.717) is 5.92 Å². The van der Waals surface area contributed by atoms with Crippen LogP contribution in [-0.2, 0) is 13.0 Å². The number of imidazole rings is 1. The van der Waals surface area contributed by atoms with Crippen LogP contribution in [0.4, 0.5) is 5.82 Å². The summed E-state index contributed by atoms with van der Waals surface area (Å²) in [5.41, 5.74) is 7.09. The monoisotopic (exact) mass is 207 g/mol. The van der Waals surface area contributed by atoms with E-state index in [1.54, 1.807) is 0 Å². The van der Waals surface area contributed by atoms with Crippen molar-refractivity contribution in [2.45, 2.75) is 46.1 Å². The van der Waals surface area contributed by atoms with Gasteiger partial charge in [0, 0.05) is 13.0 Å². The second kappa shape index (κ2) is 5.01. The van der Waals surface area contributed by atoms with Crippen LogP contribution >= 0.6 is 0 Å². The van der Waals surface area contributed by atoms with Gasteiger partial charge in [-0.1, -0.05) is 26.8 Å². The second-order valence-corrected chi connectivity index (χ2v) is 4.10. The fourth-order valence-corrected chi connectivity index (χ4v) is 1.71. The molecule has 0 aliphatic rings. The van der Waals surface area contributed by atoms with Crippen LogP contribution in [0.3, 0.4) is 0 Å². The van der Waals surface area contributed by atoms with Crippen molar-refractivity contribution >= 4 is 5.82 Å². The Morgan fingerprint density at radius 2 is 2.20 bits per heavy atom. The average molecular weight is 207 g/mol. The minimum absolute atomic E-state index is 0.381. The molecule has 0 bridgehead atoms. The molecule has 1 aromatic rings. The normalized spacial score (nSPS) is 10.9. The van der Waals surface area contributed by atoms with Gasteiger partial charge in [-0.25, -0.2) is 4.98 Å². The number of anilines is 1. The quantitative estimate of drug-likeness (QED) is 0.754. The highest BCUT2D eigenvalue weighted by molar-refractivity contribution is 5.40. The first-order chi connectivity index (χ1) is 7.11. The molecule has 0 atom stereocenters. The first kappa shape index (κ1) is 11.8. The van der Waals surface area contributed by atoms with Crippen molar-refractivity contribution in [2.75, 3.05) is 5.73 Å². The average Bonchev–Trinajstić information content (AvgIpc) is 2.47. The van der Waals surface area contributed by atoms with Gasteiger partial charge in [0.25, 0.3) is 0 Å². The van der Waals surface area contributed by atoms with Gasteiger partial charge in [-0.3, -0.25) is 0 Å². The number of hydrogen-bond donors (Lipinski definition) is 1. The number of nitrogens with zero attached hydrogens (tertiary/aromatic N) is 2. The highest BCUT2D eigenvalue weighted by Crippen LogP contribution is 2.23. The summed E-state index contributed by atoms with van der Waals surface area (Å²) in [5.74, 6) is 2.26. The standard InChI is InChI=1S/C12H21N3/c1-5-7-10-14-11(9(3)4)12(13)15(10)8-6-2/h6,9H,2,5,7-8,13H2,1,3-4H3. The fraction of sp³-hybridized carbons (Fsp3) is 0.583. The minimum Gasteiger partial charge on any atom is -0.384 e. The Bertz CT molecular complexity index is 337. The lowest BCUT2D eigenvalue weighted by molar-refractivity contribution is 0.723. The van der Waals surface area contributed by atoms with Gasteiger partial charge < -0.3 is 10.3 Å². The molecule has 0 aromatic carbocycles. The molecule has 0 unspecified atom stereocenters. The second-order valence-electron chi connectivity index (χ2n) is 4.10. The molecule has 0 saturated heterocycles. The molecular weight excluding hydrogens is 186 g/mol. The van der Waals surface area contributed by atoms with Crippen LogP contribution in [0.2, 0.25) is 0 Å². The van der Waals surface area contributed by atoms with Crippen molar-refractivity contribution in [1.29, 1.82) is 0 Å². The number of hydrogen-bond acceptors (Lipinski definition) is 2. The zero-order chi connectivity index (χ0) is 11.4.